The Morgan fingerprint density at radius 3 is 2.64 bits per heavy atom. The number of halogens is 3. The topological polar surface area (TPSA) is 135 Å². The monoisotopic (exact) mass is 405 g/mol. The highest BCUT2D eigenvalue weighted by Gasteiger charge is 2.46. The minimum Gasteiger partial charge on any atom is -0.394 e. The fraction of sp³-hybridized carbons (Fsp3) is 0.667. The third-order valence-corrected chi connectivity index (χ3v) is 4.76. The van der Waals surface area contributed by atoms with Crippen LogP contribution in [0.2, 0.25) is 0 Å². The summed E-state index contributed by atoms with van der Waals surface area (Å²) in [6.07, 6.45) is -10.1. The predicted molar refractivity (Wildman–Crippen MR) is 84.9 cm³/mol. The number of morpholine rings is 1. The van der Waals surface area contributed by atoms with Crippen molar-refractivity contribution in [2.75, 3.05) is 26.3 Å². The third-order valence-electron chi connectivity index (χ3n) is 4.76. The molecule has 4 N–H and O–H groups in total. The number of aromatic nitrogens is 4. The number of nitrogens with zero attached hydrogens (tertiary/aromatic N) is 4. The molecular formula is C15H18F3N5O5. The Balaban J connectivity index is 1.90. The fourth-order valence-corrected chi connectivity index (χ4v) is 3.44. The molecule has 0 aromatic carbocycles. The molecule has 2 aromatic rings. The molecule has 10 nitrogen and oxygen atoms in total. The van der Waals surface area contributed by atoms with Crippen molar-refractivity contribution in [3.8, 4) is 0 Å². The van der Waals surface area contributed by atoms with Gasteiger partial charge in [0.15, 0.2) is 17.6 Å². The molecule has 0 bridgehead atoms. The molecule has 2 aromatic heterocycles. The summed E-state index contributed by atoms with van der Waals surface area (Å²) in [7, 11) is 0. The Labute approximate surface area is 155 Å². The van der Waals surface area contributed by atoms with Gasteiger partial charge < -0.3 is 30.1 Å². The van der Waals surface area contributed by atoms with Crippen LogP contribution in [0.1, 0.15) is 23.9 Å². The fourth-order valence-electron chi connectivity index (χ4n) is 3.44. The van der Waals surface area contributed by atoms with Gasteiger partial charge in [0.05, 0.1) is 13.2 Å². The molecule has 5 atom stereocenters. The molecule has 0 spiro atoms. The smallest absolute Gasteiger partial charge is 0.394 e. The Bertz CT molecular complexity index is 856. The molecule has 28 heavy (non-hydrogen) atoms. The lowest BCUT2D eigenvalue weighted by Crippen LogP contribution is -2.36. The van der Waals surface area contributed by atoms with Gasteiger partial charge in [-0.15, -0.1) is 0 Å². The summed E-state index contributed by atoms with van der Waals surface area (Å²) in [5, 5.41) is 32.8. The third kappa shape index (κ3) is 3.13. The number of ether oxygens (including phenoxy) is 2. The second-order valence-corrected chi connectivity index (χ2v) is 6.52. The summed E-state index contributed by atoms with van der Waals surface area (Å²) in [4.78, 5) is 11.3. The summed E-state index contributed by atoms with van der Waals surface area (Å²) >= 11 is 0. The minimum atomic E-state index is -4.77. The summed E-state index contributed by atoms with van der Waals surface area (Å²) < 4.78 is 52.5. The normalized spacial score (nSPS) is 31.6. The first-order valence-corrected chi connectivity index (χ1v) is 8.57. The number of aliphatic hydroxyl groups is 3. The minimum absolute atomic E-state index is 0.0445. The van der Waals surface area contributed by atoms with Crippen molar-refractivity contribution in [2.24, 2.45) is 0 Å². The molecule has 2 aliphatic rings. The predicted octanol–water partition coefficient (Wildman–Crippen LogP) is -0.883. The molecule has 4 heterocycles. The first-order valence-electron chi connectivity index (χ1n) is 8.57. The number of fused-ring (bicyclic) bond motifs is 1. The van der Waals surface area contributed by atoms with E-state index in [4.69, 9.17) is 9.47 Å². The molecule has 0 amide bonds. The molecule has 0 saturated carbocycles. The van der Waals surface area contributed by atoms with Crippen molar-refractivity contribution in [3.63, 3.8) is 0 Å². The van der Waals surface area contributed by atoms with Gasteiger partial charge in [0.2, 0.25) is 0 Å². The quantitative estimate of drug-likeness (QED) is 0.513. The highest BCUT2D eigenvalue weighted by Crippen LogP contribution is 2.38. The van der Waals surface area contributed by atoms with Crippen LogP contribution in [0.4, 0.5) is 13.2 Å². The van der Waals surface area contributed by atoms with E-state index in [-0.39, 0.29) is 18.0 Å². The molecule has 2 fully saturated rings. The number of hydrogen-bond donors (Lipinski definition) is 4. The first-order chi connectivity index (χ1) is 13.3. The number of nitrogens with one attached hydrogen (secondary N) is 1. The maximum absolute atomic E-state index is 13.4. The number of hydrogen-bond acceptors (Lipinski definition) is 9. The summed E-state index contributed by atoms with van der Waals surface area (Å²) in [5.41, 5.74) is -1.97. The van der Waals surface area contributed by atoms with E-state index in [0.29, 0.717) is 13.2 Å². The van der Waals surface area contributed by atoms with Crippen LogP contribution < -0.4 is 5.32 Å². The summed E-state index contributed by atoms with van der Waals surface area (Å²) in [6.45, 7) is 0.563. The van der Waals surface area contributed by atoms with Gasteiger partial charge in [-0.05, 0) is 0 Å². The SMILES string of the molecule is OC[C@H]1O[C@@H](n2c(C3CNCCO3)nc3c(C(F)(F)F)ncnc32)[C@H](O)[C@@H]1O. The van der Waals surface area contributed by atoms with Gasteiger partial charge in [-0.25, -0.2) is 15.0 Å². The highest BCUT2D eigenvalue weighted by atomic mass is 19.4. The van der Waals surface area contributed by atoms with Crippen molar-refractivity contribution < 1.29 is 38.0 Å². The molecule has 1 unspecified atom stereocenters. The van der Waals surface area contributed by atoms with Gasteiger partial charge in [-0.3, -0.25) is 4.57 Å². The molecular weight excluding hydrogens is 387 g/mol. The van der Waals surface area contributed by atoms with Crippen LogP contribution in [-0.2, 0) is 15.7 Å². The second kappa shape index (κ2) is 7.17. The molecule has 2 aliphatic heterocycles. The van der Waals surface area contributed by atoms with Gasteiger partial charge in [-0.2, -0.15) is 13.2 Å². The second-order valence-electron chi connectivity index (χ2n) is 6.52. The Hall–Kier alpha value is -1.90. The lowest BCUT2D eigenvalue weighted by atomic mass is 10.1. The van der Waals surface area contributed by atoms with Gasteiger partial charge in [0.25, 0.3) is 0 Å². The summed E-state index contributed by atoms with van der Waals surface area (Å²) in [6, 6.07) is 0. The van der Waals surface area contributed by atoms with Crippen molar-refractivity contribution in [3.05, 3.63) is 17.8 Å². The van der Waals surface area contributed by atoms with Crippen LogP contribution in [0.25, 0.3) is 11.2 Å². The van der Waals surface area contributed by atoms with Gasteiger partial charge in [0.1, 0.15) is 42.1 Å². The lowest BCUT2D eigenvalue weighted by molar-refractivity contribution is -0.140. The van der Waals surface area contributed by atoms with Crippen LogP contribution in [0.5, 0.6) is 0 Å². The molecule has 2 saturated heterocycles. The maximum atomic E-state index is 13.4. The maximum Gasteiger partial charge on any atom is 0.435 e. The van der Waals surface area contributed by atoms with E-state index >= 15 is 0 Å². The van der Waals surface area contributed by atoms with E-state index in [1.807, 2.05) is 0 Å². The standard InChI is InChI=1S/C15H18F3N5O5/c16-15(17,18)11-8-13(21-5-20-11)23(12(22-8)6-3-19-1-2-27-6)14-10(26)9(25)7(4-24)28-14/h5-7,9-10,14,19,24-26H,1-4H2/t6?,7-,9-,10-,14-/m1/s1. The van der Waals surface area contributed by atoms with Crippen LogP contribution in [-0.4, -0.2) is 79.5 Å². The zero-order valence-corrected chi connectivity index (χ0v) is 14.4. The van der Waals surface area contributed by atoms with Crippen molar-refractivity contribution in [1.29, 1.82) is 0 Å². The van der Waals surface area contributed by atoms with Gasteiger partial charge >= 0.3 is 6.18 Å². The zero-order chi connectivity index (χ0) is 20.1. The Morgan fingerprint density at radius 1 is 1.25 bits per heavy atom. The Morgan fingerprint density at radius 2 is 2.04 bits per heavy atom. The van der Waals surface area contributed by atoms with Gasteiger partial charge in [0, 0.05) is 13.1 Å². The zero-order valence-electron chi connectivity index (χ0n) is 14.4. The van der Waals surface area contributed by atoms with E-state index in [1.54, 1.807) is 0 Å². The van der Waals surface area contributed by atoms with E-state index in [2.05, 4.69) is 20.3 Å². The van der Waals surface area contributed by atoms with Crippen LogP contribution in [0, 0.1) is 0 Å². The van der Waals surface area contributed by atoms with E-state index in [0.717, 1.165) is 6.33 Å². The van der Waals surface area contributed by atoms with Crippen molar-refractivity contribution in [2.45, 2.75) is 36.8 Å². The molecule has 0 aliphatic carbocycles. The van der Waals surface area contributed by atoms with Crippen molar-refractivity contribution >= 4 is 11.2 Å². The molecule has 4 rings (SSSR count). The highest BCUT2D eigenvalue weighted by molar-refractivity contribution is 5.75. The van der Waals surface area contributed by atoms with E-state index in [9.17, 15) is 28.5 Å². The van der Waals surface area contributed by atoms with E-state index in [1.165, 1.54) is 4.57 Å². The average Bonchev–Trinajstić information content (AvgIpc) is 3.19. The molecule has 13 heteroatoms. The average molecular weight is 405 g/mol. The Kier molecular flexibility index (Phi) is 4.97. The largest absolute Gasteiger partial charge is 0.435 e. The molecule has 0 radical (unpaired) electrons. The number of imidazole rings is 1. The van der Waals surface area contributed by atoms with Crippen LogP contribution in [0.15, 0.2) is 6.33 Å². The number of aliphatic hydroxyl groups excluding tert-OH is 3. The lowest BCUT2D eigenvalue weighted by Gasteiger charge is -2.26. The van der Waals surface area contributed by atoms with E-state index < -0.39 is 54.6 Å². The van der Waals surface area contributed by atoms with Gasteiger partial charge in [-0.1, -0.05) is 0 Å². The number of rotatable bonds is 3. The summed E-state index contributed by atoms with van der Waals surface area (Å²) in [5.74, 6) is 0.0445. The number of alkyl halides is 3. The van der Waals surface area contributed by atoms with Crippen molar-refractivity contribution in [1.82, 2.24) is 24.8 Å². The first kappa shape index (κ1) is 19.4. The molecule has 154 valence electrons. The van der Waals surface area contributed by atoms with Crippen LogP contribution >= 0.6 is 0 Å². The van der Waals surface area contributed by atoms with Crippen LogP contribution in [0.3, 0.4) is 0 Å².